The fourth-order valence-corrected chi connectivity index (χ4v) is 7.23. The van der Waals surface area contributed by atoms with Crippen LogP contribution < -0.4 is 0 Å². The summed E-state index contributed by atoms with van der Waals surface area (Å²) in [6.07, 6.45) is 0. The Labute approximate surface area is 114 Å². The molecule has 0 fully saturated rings. The first kappa shape index (κ1) is 15.3. The van der Waals surface area contributed by atoms with Gasteiger partial charge in [0.05, 0.1) is 0 Å². The molecule has 0 unspecified atom stereocenters. The van der Waals surface area contributed by atoms with Gasteiger partial charge in [0, 0.05) is 0 Å². The van der Waals surface area contributed by atoms with Gasteiger partial charge in [-0.05, 0) is 0 Å². The summed E-state index contributed by atoms with van der Waals surface area (Å²) < 4.78 is 9.19. The van der Waals surface area contributed by atoms with Crippen LogP contribution >= 0.6 is 0 Å². The number of benzene rings is 1. The molecule has 98 valence electrons. The second-order valence-electron chi connectivity index (χ2n) is 4.62. The minimum atomic E-state index is -1.81. The topological polar surface area (TPSA) is 9.23 Å². The molecule has 0 amide bonds. The van der Waals surface area contributed by atoms with Gasteiger partial charge in [0.2, 0.25) is 0 Å². The fraction of sp³-hybridized carbons (Fsp3) is 0.500. The molecule has 0 N–H and O–H groups in total. The molecule has 0 aromatic heterocycles. The van der Waals surface area contributed by atoms with Crippen LogP contribution in [0.5, 0.6) is 0 Å². The summed E-state index contributed by atoms with van der Waals surface area (Å²) in [6, 6.07) is 10.3. The zero-order chi connectivity index (χ0) is 13.3. The van der Waals surface area contributed by atoms with E-state index in [-0.39, 0.29) is 0 Å². The van der Waals surface area contributed by atoms with Crippen molar-refractivity contribution < 1.29 is 4.74 Å². The standard InChI is InChI=1S/C16H24GeO/c1-4-17(5-2,6-3)13-10-14-18-15-16-11-8-7-9-12-16/h7-9,11-12H,4-6,14-15H2,1-3H3. The second kappa shape index (κ2) is 8.40. The van der Waals surface area contributed by atoms with Crippen molar-refractivity contribution in [2.45, 2.75) is 43.1 Å². The first-order chi connectivity index (χ1) is 8.76. The van der Waals surface area contributed by atoms with Crippen molar-refractivity contribution in [1.82, 2.24) is 0 Å². The Morgan fingerprint density at radius 3 is 2.17 bits per heavy atom. The van der Waals surface area contributed by atoms with Crippen molar-refractivity contribution in [3.8, 4) is 10.7 Å². The van der Waals surface area contributed by atoms with E-state index < -0.39 is 13.3 Å². The van der Waals surface area contributed by atoms with E-state index in [9.17, 15) is 0 Å². The Hall–Kier alpha value is -0.717. The Morgan fingerprint density at radius 1 is 1.00 bits per heavy atom. The Morgan fingerprint density at radius 2 is 1.61 bits per heavy atom. The van der Waals surface area contributed by atoms with Crippen LogP contribution in [0.15, 0.2) is 30.3 Å². The molecule has 0 saturated carbocycles. The average molecular weight is 305 g/mol. The van der Waals surface area contributed by atoms with Crippen molar-refractivity contribution in [3.63, 3.8) is 0 Å². The molecule has 2 heteroatoms. The second-order valence-corrected chi connectivity index (χ2v) is 15.0. The monoisotopic (exact) mass is 306 g/mol. The predicted molar refractivity (Wildman–Crippen MR) is 81.1 cm³/mol. The molecule has 0 aliphatic rings. The number of rotatable bonds is 6. The van der Waals surface area contributed by atoms with Crippen LogP contribution in [0.4, 0.5) is 0 Å². The minimum absolute atomic E-state index is 0.571. The molecule has 0 atom stereocenters. The summed E-state index contributed by atoms with van der Waals surface area (Å²) >= 11 is -1.81. The van der Waals surface area contributed by atoms with Gasteiger partial charge in [-0.1, -0.05) is 0 Å². The molecule has 0 bridgehead atoms. The van der Waals surface area contributed by atoms with E-state index in [0.717, 1.165) is 0 Å². The van der Waals surface area contributed by atoms with Gasteiger partial charge in [-0.25, -0.2) is 0 Å². The number of ether oxygens (including phenoxy) is 1. The third-order valence-electron chi connectivity index (χ3n) is 3.67. The third-order valence-corrected chi connectivity index (χ3v) is 13.7. The summed E-state index contributed by atoms with van der Waals surface area (Å²) in [5.41, 5.74) is 1.22. The van der Waals surface area contributed by atoms with Gasteiger partial charge >= 0.3 is 114 Å². The van der Waals surface area contributed by atoms with Crippen molar-refractivity contribution >= 4 is 13.3 Å². The van der Waals surface area contributed by atoms with Gasteiger partial charge in [0.15, 0.2) is 0 Å². The third kappa shape index (κ3) is 4.88. The van der Waals surface area contributed by atoms with E-state index in [1.54, 1.807) is 0 Å². The quantitative estimate of drug-likeness (QED) is 0.433. The van der Waals surface area contributed by atoms with Crippen LogP contribution in [-0.2, 0) is 11.3 Å². The molecule has 0 aliphatic heterocycles. The van der Waals surface area contributed by atoms with Crippen LogP contribution in [-0.4, -0.2) is 19.9 Å². The Balaban J connectivity index is 2.38. The summed E-state index contributed by atoms with van der Waals surface area (Å²) in [5, 5.41) is 3.91. The molecule has 1 nitrogen and oxygen atoms in total. The molecule has 1 aromatic carbocycles. The summed E-state index contributed by atoms with van der Waals surface area (Å²) in [5.74, 6) is 3.26. The van der Waals surface area contributed by atoms with Crippen LogP contribution in [0.3, 0.4) is 0 Å². The van der Waals surface area contributed by atoms with Gasteiger partial charge in [-0.15, -0.1) is 0 Å². The fourth-order valence-electron chi connectivity index (χ4n) is 2.03. The van der Waals surface area contributed by atoms with Crippen LogP contribution in [0.1, 0.15) is 26.3 Å². The number of hydrogen-bond acceptors (Lipinski definition) is 1. The summed E-state index contributed by atoms with van der Waals surface area (Å²) in [4.78, 5) is 0. The van der Waals surface area contributed by atoms with E-state index in [2.05, 4.69) is 43.6 Å². The molecule has 1 aromatic rings. The zero-order valence-corrected chi connectivity index (χ0v) is 13.9. The summed E-state index contributed by atoms with van der Waals surface area (Å²) in [6.45, 7) is 8.13. The molecule has 0 spiro atoms. The van der Waals surface area contributed by atoms with Crippen molar-refractivity contribution in [1.29, 1.82) is 0 Å². The average Bonchev–Trinajstić information content (AvgIpc) is 2.45. The van der Waals surface area contributed by atoms with E-state index in [1.807, 2.05) is 18.2 Å². The maximum atomic E-state index is 5.60. The Kier molecular flexibility index (Phi) is 7.16. The van der Waals surface area contributed by atoms with Gasteiger partial charge in [-0.2, -0.15) is 0 Å². The van der Waals surface area contributed by atoms with Gasteiger partial charge < -0.3 is 0 Å². The maximum absolute atomic E-state index is 5.60. The summed E-state index contributed by atoms with van der Waals surface area (Å²) in [7, 11) is 0. The van der Waals surface area contributed by atoms with Crippen LogP contribution in [0.2, 0.25) is 15.8 Å². The van der Waals surface area contributed by atoms with Crippen molar-refractivity contribution in [2.75, 3.05) is 6.61 Å². The van der Waals surface area contributed by atoms with Crippen LogP contribution in [0, 0.1) is 10.7 Å². The molecule has 0 heterocycles. The predicted octanol–water partition coefficient (Wildman–Crippen LogP) is 4.25. The normalized spacial score (nSPS) is 10.8. The van der Waals surface area contributed by atoms with Crippen molar-refractivity contribution in [3.05, 3.63) is 35.9 Å². The van der Waals surface area contributed by atoms with E-state index in [0.29, 0.717) is 13.2 Å². The molecular formula is C16H24GeO. The molecule has 0 aliphatic carbocycles. The van der Waals surface area contributed by atoms with Crippen molar-refractivity contribution in [2.24, 2.45) is 0 Å². The van der Waals surface area contributed by atoms with E-state index >= 15 is 0 Å². The van der Waals surface area contributed by atoms with Gasteiger partial charge in [0.1, 0.15) is 0 Å². The zero-order valence-electron chi connectivity index (χ0n) is 11.8. The van der Waals surface area contributed by atoms with Crippen LogP contribution in [0.25, 0.3) is 0 Å². The molecule has 0 radical (unpaired) electrons. The van der Waals surface area contributed by atoms with E-state index in [4.69, 9.17) is 4.74 Å². The number of hydrogen-bond donors (Lipinski definition) is 0. The molecular weight excluding hydrogens is 281 g/mol. The molecule has 0 saturated heterocycles. The first-order valence-electron chi connectivity index (χ1n) is 6.88. The molecule has 18 heavy (non-hydrogen) atoms. The van der Waals surface area contributed by atoms with Gasteiger partial charge in [0.25, 0.3) is 0 Å². The Bertz CT molecular complexity index is 376. The molecule has 1 rings (SSSR count). The van der Waals surface area contributed by atoms with Gasteiger partial charge in [-0.3, -0.25) is 0 Å². The van der Waals surface area contributed by atoms with E-state index in [1.165, 1.54) is 21.3 Å². The SMILES string of the molecule is C[CH2][Ge]([C]#CCOCc1ccccc1)([CH2]C)[CH2]C. The first-order valence-corrected chi connectivity index (χ1v) is 12.4.